The highest BCUT2D eigenvalue weighted by Crippen LogP contribution is 2.49. The Kier molecular flexibility index (Phi) is 2.74. The number of hydrogen-bond acceptors (Lipinski definition) is 1. The predicted molar refractivity (Wildman–Crippen MR) is 53.8 cm³/mol. The number of aliphatic hydroxyl groups is 1. The monoisotopic (exact) mass is 212 g/mol. The normalized spacial score (nSPS) is 16.7. The fourth-order valence-corrected chi connectivity index (χ4v) is 1.74. The van der Waals surface area contributed by atoms with Crippen molar-refractivity contribution in [3.63, 3.8) is 0 Å². The maximum Gasteiger partial charge on any atom is 0.276 e. The highest BCUT2D eigenvalue weighted by Gasteiger charge is 2.47. The molecule has 0 radical (unpaired) electrons. The van der Waals surface area contributed by atoms with Crippen LogP contribution in [0.1, 0.15) is 24.0 Å². The van der Waals surface area contributed by atoms with E-state index in [-0.39, 0.29) is 12.2 Å². The fraction of sp³-hybridized carbons (Fsp3) is 0.500. The molecule has 0 amide bonds. The van der Waals surface area contributed by atoms with Crippen molar-refractivity contribution in [1.82, 2.24) is 0 Å². The van der Waals surface area contributed by atoms with Gasteiger partial charge in [0.25, 0.3) is 5.92 Å². The Labute approximate surface area is 87.7 Å². The molecular formula is C12H14F2O. The summed E-state index contributed by atoms with van der Waals surface area (Å²) in [4.78, 5) is 0. The molecule has 1 aliphatic carbocycles. The number of alkyl halides is 2. The molecule has 2 rings (SSSR count). The van der Waals surface area contributed by atoms with E-state index in [0.29, 0.717) is 19.3 Å². The van der Waals surface area contributed by atoms with Crippen molar-refractivity contribution >= 4 is 0 Å². The van der Waals surface area contributed by atoms with Crippen LogP contribution in [0.5, 0.6) is 0 Å². The average Bonchev–Trinajstić information content (AvgIpc) is 3.02. The Morgan fingerprint density at radius 1 is 1.33 bits per heavy atom. The van der Waals surface area contributed by atoms with Gasteiger partial charge in [0.05, 0.1) is 0 Å². The van der Waals surface area contributed by atoms with Crippen LogP contribution in [0.25, 0.3) is 0 Å². The number of rotatable bonds is 4. The lowest BCUT2D eigenvalue weighted by molar-refractivity contribution is -0.0286. The van der Waals surface area contributed by atoms with Crippen LogP contribution in [0.3, 0.4) is 0 Å². The van der Waals surface area contributed by atoms with E-state index in [1.54, 1.807) is 12.1 Å². The van der Waals surface area contributed by atoms with Gasteiger partial charge in [-0.1, -0.05) is 18.2 Å². The molecule has 0 unspecified atom stereocenters. The lowest BCUT2D eigenvalue weighted by Gasteiger charge is -2.16. The molecule has 1 aliphatic rings. The van der Waals surface area contributed by atoms with Crippen LogP contribution >= 0.6 is 0 Å². The quantitative estimate of drug-likeness (QED) is 0.813. The molecule has 0 heterocycles. The van der Waals surface area contributed by atoms with Gasteiger partial charge in [-0.25, -0.2) is 8.78 Å². The van der Waals surface area contributed by atoms with Crippen LogP contribution in [0.15, 0.2) is 24.3 Å². The minimum absolute atomic E-state index is 0.00153. The zero-order valence-electron chi connectivity index (χ0n) is 8.42. The molecule has 1 nitrogen and oxygen atoms in total. The second-order valence-electron chi connectivity index (χ2n) is 4.07. The van der Waals surface area contributed by atoms with E-state index < -0.39 is 11.8 Å². The van der Waals surface area contributed by atoms with Crippen molar-refractivity contribution in [2.75, 3.05) is 6.61 Å². The second-order valence-corrected chi connectivity index (χ2v) is 4.07. The van der Waals surface area contributed by atoms with Crippen molar-refractivity contribution < 1.29 is 13.9 Å². The molecule has 0 spiro atoms. The van der Waals surface area contributed by atoms with Crippen LogP contribution in [0, 0.1) is 5.92 Å². The lowest BCUT2D eigenvalue weighted by Crippen LogP contribution is -2.16. The van der Waals surface area contributed by atoms with Gasteiger partial charge in [-0.15, -0.1) is 0 Å². The number of aliphatic hydroxyl groups excluding tert-OH is 1. The molecule has 15 heavy (non-hydrogen) atoms. The third-order valence-electron chi connectivity index (χ3n) is 2.80. The summed E-state index contributed by atoms with van der Waals surface area (Å²) in [6.07, 6.45) is 1.68. The van der Waals surface area contributed by atoms with Gasteiger partial charge in [0, 0.05) is 18.1 Å². The Balaban J connectivity index is 2.23. The van der Waals surface area contributed by atoms with Gasteiger partial charge in [-0.3, -0.25) is 0 Å². The highest BCUT2D eigenvalue weighted by molar-refractivity contribution is 5.28. The molecule has 0 aromatic heterocycles. The van der Waals surface area contributed by atoms with Gasteiger partial charge in [-0.2, -0.15) is 0 Å². The summed E-state index contributed by atoms with van der Waals surface area (Å²) < 4.78 is 27.4. The summed E-state index contributed by atoms with van der Waals surface area (Å²) in [6.45, 7) is -0.00153. The Hall–Kier alpha value is -0.960. The molecule has 0 atom stereocenters. The first-order valence-electron chi connectivity index (χ1n) is 5.22. The van der Waals surface area contributed by atoms with E-state index in [9.17, 15) is 8.78 Å². The zero-order chi connectivity index (χ0) is 10.9. The number of benzene rings is 1. The third kappa shape index (κ3) is 2.17. The summed E-state index contributed by atoms with van der Waals surface area (Å²) in [7, 11) is 0. The molecule has 0 aliphatic heterocycles. The first kappa shape index (κ1) is 10.6. The van der Waals surface area contributed by atoms with E-state index in [0.717, 1.165) is 5.56 Å². The van der Waals surface area contributed by atoms with E-state index in [1.807, 2.05) is 0 Å². The number of hydrogen-bond donors (Lipinski definition) is 1. The molecular weight excluding hydrogens is 198 g/mol. The van der Waals surface area contributed by atoms with Gasteiger partial charge in [0.1, 0.15) is 0 Å². The van der Waals surface area contributed by atoms with Crippen LogP contribution < -0.4 is 0 Å². The highest BCUT2D eigenvalue weighted by atomic mass is 19.3. The Morgan fingerprint density at radius 3 is 2.67 bits per heavy atom. The topological polar surface area (TPSA) is 20.2 Å². The molecule has 1 aromatic carbocycles. The average molecular weight is 212 g/mol. The molecule has 1 saturated carbocycles. The second kappa shape index (κ2) is 3.89. The molecule has 3 heteroatoms. The molecule has 1 aromatic rings. The van der Waals surface area contributed by atoms with Gasteiger partial charge in [0.15, 0.2) is 0 Å². The van der Waals surface area contributed by atoms with Crippen LogP contribution in [-0.4, -0.2) is 11.7 Å². The molecule has 0 bridgehead atoms. The summed E-state index contributed by atoms with van der Waals surface area (Å²) in [5.41, 5.74) is 0.867. The number of halogens is 2. The SMILES string of the molecule is OCCc1cccc(C(F)(F)C2CC2)c1. The van der Waals surface area contributed by atoms with Gasteiger partial charge in [-0.05, 0) is 30.9 Å². The van der Waals surface area contributed by atoms with E-state index in [4.69, 9.17) is 5.11 Å². The largest absolute Gasteiger partial charge is 0.396 e. The molecule has 82 valence electrons. The van der Waals surface area contributed by atoms with Crippen molar-refractivity contribution in [2.45, 2.75) is 25.2 Å². The zero-order valence-corrected chi connectivity index (χ0v) is 8.42. The van der Waals surface area contributed by atoms with E-state index in [2.05, 4.69) is 0 Å². The Morgan fingerprint density at radius 2 is 2.07 bits per heavy atom. The van der Waals surface area contributed by atoms with Crippen molar-refractivity contribution in [1.29, 1.82) is 0 Å². The van der Waals surface area contributed by atoms with Crippen molar-refractivity contribution in [2.24, 2.45) is 5.92 Å². The smallest absolute Gasteiger partial charge is 0.276 e. The lowest BCUT2D eigenvalue weighted by atomic mass is 10.0. The summed E-state index contributed by atoms with van der Waals surface area (Å²) in [6, 6.07) is 6.38. The van der Waals surface area contributed by atoms with Crippen molar-refractivity contribution in [3.8, 4) is 0 Å². The van der Waals surface area contributed by atoms with Gasteiger partial charge >= 0.3 is 0 Å². The van der Waals surface area contributed by atoms with Crippen LogP contribution in [0.4, 0.5) is 8.78 Å². The summed E-state index contributed by atoms with van der Waals surface area (Å²) >= 11 is 0. The summed E-state index contributed by atoms with van der Waals surface area (Å²) in [5, 5.41) is 8.75. The maximum atomic E-state index is 13.7. The van der Waals surface area contributed by atoms with E-state index in [1.165, 1.54) is 12.1 Å². The van der Waals surface area contributed by atoms with Gasteiger partial charge in [0.2, 0.25) is 0 Å². The molecule has 0 saturated heterocycles. The Bertz CT molecular complexity index is 345. The standard InChI is InChI=1S/C12H14F2O/c13-12(14,10-4-5-10)11-3-1-2-9(8-11)6-7-15/h1-3,8,10,15H,4-7H2. The summed E-state index contributed by atoms with van der Waals surface area (Å²) in [5.74, 6) is -3.16. The first-order valence-corrected chi connectivity index (χ1v) is 5.22. The minimum atomic E-state index is -2.69. The van der Waals surface area contributed by atoms with Crippen LogP contribution in [0.2, 0.25) is 0 Å². The predicted octanol–water partition coefficient (Wildman–Crippen LogP) is 2.72. The molecule has 1 fully saturated rings. The molecule has 1 N–H and O–H groups in total. The first-order chi connectivity index (χ1) is 7.14. The maximum absolute atomic E-state index is 13.7. The third-order valence-corrected chi connectivity index (χ3v) is 2.80. The minimum Gasteiger partial charge on any atom is -0.396 e. The fourth-order valence-electron chi connectivity index (χ4n) is 1.74. The van der Waals surface area contributed by atoms with Crippen LogP contribution in [-0.2, 0) is 12.3 Å². The van der Waals surface area contributed by atoms with Gasteiger partial charge < -0.3 is 5.11 Å². The van der Waals surface area contributed by atoms with E-state index >= 15 is 0 Å². The van der Waals surface area contributed by atoms with Crippen molar-refractivity contribution in [3.05, 3.63) is 35.4 Å².